The number of hydrogen-bond acceptors (Lipinski definition) is 10. The molecular weight excluding hydrogens is 568 g/mol. The third-order valence-electron chi connectivity index (χ3n) is 10.4. The minimum absolute atomic E-state index is 0.118. The van der Waals surface area contributed by atoms with Crippen molar-refractivity contribution in [2.24, 2.45) is 23.2 Å². The molecule has 3 aliphatic rings. The van der Waals surface area contributed by atoms with Crippen molar-refractivity contribution < 1.29 is 48.0 Å². The number of rotatable bonds is 10. The highest BCUT2D eigenvalue weighted by atomic mass is 16.6. The molecule has 10 heteroatoms. The number of esters is 4. The van der Waals surface area contributed by atoms with Crippen molar-refractivity contribution in [1.82, 2.24) is 0 Å². The normalized spacial score (nSPS) is 35.0. The summed E-state index contributed by atoms with van der Waals surface area (Å²) in [4.78, 5) is 53.0. The molecule has 1 aliphatic heterocycles. The highest BCUT2D eigenvalue weighted by molar-refractivity contribution is 5.89. The van der Waals surface area contributed by atoms with Crippen LogP contribution in [0.5, 0.6) is 0 Å². The van der Waals surface area contributed by atoms with Crippen LogP contribution in [0, 0.1) is 23.2 Å². The van der Waals surface area contributed by atoms with Crippen LogP contribution >= 0.6 is 0 Å². The molecule has 4 rings (SSSR count). The monoisotopic (exact) mass is 616 g/mol. The van der Waals surface area contributed by atoms with E-state index in [1.165, 1.54) is 6.92 Å². The number of carbonyl (C=O) groups excluding carboxylic acids is 4. The standard InChI is InChI=1S/C34H48O10/c1-9-20(3)28(36)41-25-16-17-32(8,39)34-27(43-29(37)21(4)10-2)24(31(6,7)44-34)18-26(33(25,34)19-40-22(5)35)42-30(38)23-14-12-11-13-15-23/h11-15,20-21,24-27,39H,9-10,16-19H2,1-8H3. The molecule has 2 aliphatic carbocycles. The molecule has 3 fully saturated rings. The molecule has 0 aromatic heterocycles. The van der Waals surface area contributed by atoms with Gasteiger partial charge in [0.05, 0.1) is 28.6 Å². The van der Waals surface area contributed by atoms with Crippen molar-refractivity contribution >= 4 is 23.9 Å². The van der Waals surface area contributed by atoms with Gasteiger partial charge in [0.1, 0.15) is 30.3 Å². The number of benzene rings is 1. The summed E-state index contributed by atoms with van der Waals surface area (Å²) in [6, 6.07) is 8.47. The quantitative estimate of drug-likeness (QED) is 0.289. The maximum atomic E-state index is 13.7. The highest BCUT2D eigenvalue weighted by Crippen LogP contribution is 2.69. The Morgan fingerprint density at radius 3 is 2.09 bits per heavy atom. The van der Waals surface area contributed by atoms with Crippen LogP contribution in [0.4, 0.5) is 0 Å². The molecule has 0 radical (unpaired) electrons. The first-order chi connectivity index (χ1) is 20.6. The van der Waals surface area contributed by atoms with E-state index in [1.54, 1.807) is 51.1 Å². The Hall–Kier alpha value is -2.98. The van der Waals surface area contributed by atoms with Crippen LogP contribution in [0.3, 0.4) is 0 Å². The zero-order chi connectivity index (χ0) is 32.7. The first kappa shape index (κ1) is 33.9. The van der Waals surface area contributed by atoms with Crippen molar-refractivity contribution in [3.63, 3.8) is 0 Å². The Bertz CT molecular complexity index is 1240. The van der Waals surface area contributed by atoms with Gasteiger partial charge < -0.3 is 28.8 Å². The summed E-state index contributed by atoms with van der Waals surface area (Å²) in [5.41, 5.74) is -5.79. The van der Waals surface area contributed by atoms with E-state index in [0.717, 1.165) is 0 Å². The van der Waals surface area contributed by atoms with Gasteiger partial charge in [0.25, 0.3) is 0 Å². The number of carbonyl (C=O) groups is 4. The highest BCUT2D eigenvalue weighted by Gasteiger charge is 2.84. The molecule has 1 saturated heterocycles. The van der Waals surface area contributed by atoms with Gasteiger partial charge in [0.15, 0.2) is 5.60 Å². The van der Waals surface area contributed by atoms with Gasteiger partial charge in [0, 0.05) is 12.8 Å². The van der Waals surface area contributed by atoms with Crippen molar-refractivity contribution in [2.45, 2.75) is 123 Å². The molecule has 244 valence electrons. The van der Waals surface area contributed by atoms with E-state index in [4.69, 9.17) is 23.7 Å². The van der Waals surface area contributed by atoms with E-state index in [0.29, 0.717) is 18.4 Å². The Labute approximate surface area is 260 Å². The first-order valence-electron chi connectivity index (χ1n) is 15.8. The molecule has 0 amide bonds. The van der Waals surface area contributed by atoms with E-state index in [1.807, 2.05) is 27.7 Å². The Balaban J connectivity index is 1.98. The summed E-state index contributed by atoms with van der Waals surface area (Å²) < 4.78 is 31.6. The lowest BCUT2D eigenvalue weighted by Gasteiger charge is -2.64. The SMILES string of the molecule is CCC(C)C(=O)OC1CCC(C)(O)C23OC(C)(C)C(CC(OC(=O)c4ccccc4)C12COC(C)=O)C3OC(=O)C(C)CC. The van der Waals surface area contributed by atoms with Crippen LogP contribution in [-0.4, -0.2) is 70.7 Å². The average Bonchev–Trinajstić information content (AvgIpc) is 3.15. The van der Waals surface area contributed by atoms with Gasteiger partial charge in [0.2, 0.25) is 0 Å². The van der Waals surface area contributed by atoms with E-state index < -0.39 is 88.8 Å². The summed E-state index contributed by atoms with van der Waals surface area (Å²) in [5.74, 6) is -3.58. The van der Waals surface area contributed by atoms with E-state index >= 15 is 0 Å². The second kappa shape index (κ2) is 12.4. The van der Waals surface area contributed by atoms with E-state index in [2.05, 4.69) is 0 Å². The zero-order valence-electron chi connectivity index (χ0n) is 27.2. The van der Waals surface area contributed by atoms with Crippen molar-refractivity contribution in [3.05, 3.63) is 35.9 Å². The molecule has 1 aromatic carbocycles. The van der Waals surface area contributed by atoms with Gasteiger partial charge in [-0.1, -0.05) is 45.9 Å². The minimum atomic E-state index is -1.79. The summed E-state index contributed by atoms with van der Waals surface area (Å²) in [5, 5.41) is 12.4. The fraction of sp³-hybridized carbons (Fsp3) is 0.706. The fourth-order valence-corrected chi connectivity index (χ4v) is 7.46. The van der Waals surface area contributed by atoms with Crippen LogP contribution < -0.4 is 0 Å². The van der Waals surface area contributed by atoms with Gasteiger partial charge in [-0.25, -0.2) is 4.79 Å². The number of aliphatic hydroxyl groups is 1. The predicted molar refractivity (Wildman–Crippen MR) is 159 cm³/mol. The number of ether oxygens (including phenoxy) is 5. The van der Waals surface area contributed by atoms with Gasteiger partial charge >= 0.3 is 23.9 Å². The van der Waals surface area contributed by atoms with Crippen molar-refractivity contribution in [3.8, 4) is 0 Å². The Morgan fingerprint density at radius 1 is 0.932 bits per heavy atom. The maximum absolute atomic E-state index is 13.7. The van der Waals surface area contributed by atoms with Gasteiger partial charge in [-0.3, -0.25) is 14.4 Å². The maximum Gasteiger partial charge on any atom is 0.338 e. The van der Waals surface area contributed by atoms with Gasteiger partial charge in [-0.05, 0) is 65.0 Å². The van der Waals surface area contributed by atoms with Crippen LogP contribution in [0.1, 0.15) is 97.9 Å². The average molecular weight is 617 g/mol. The predicted octanol–water partition coefficient (Wildman–Crippen LogP) is 4.79. The molecule has 9 unspecified atom stereocenters. The molecule has 9 atom stereocenters. The molecule has 44 heavy (non-hydrogen) atoms. The lowest BCUT2D eigenvalue weighted by atomic mass is 9.47. The van der Waals surface area contributed by atoms with Crippen LogP contribution in [0.15, 0.2) is 30.3 Å². The molecule has 1 heterocycles. The first-order valence-corrected chi connectivity index (χ1v) is 15.8. The molecule has 2 bridgehead atoms. The summed E-state index contributed by atoms with van der Waals surface area (Å²) >= 11 is 0. The van der Waals surface area contributed by atoms with Crippen LogP contribution in [0.2, 0.25) is 0 Å². The zero-order valence-corrected chi connectivity index (χ0v) is 27.2. The fourth-order valence-electron chi connectivity index (χ4n) is 7.46. The molecule has 1 spiro atoms. The molecule has 1 aromatic rings. The second-order valence-electron chi connectivity index (χ2n) is 13.6. The number of fused-ring (bicyclic) bond motifs is 1. The van der Waals surface area contributed by atoms with Crippen LogP contribution in [0.25, 0.3) is 0 Å². The van der Waals surface area contributed by atoms with Crippen molar-refractivity contribution in [1.29, 1.82) is 0 Å². The van der Waals surface area contributed by atoms with Gasteiger partial charge in [-0.15, -0.1) is 0 Å². The Kier molecular flexibility index (Phi) is 9.58. The van der Waals surface area contributed by atoms with Crippen LogP contribution in [-0.2, 0) is 38.1 Å². The third kappa shape index (κ3) is 5.53. The third-order valence-corrected chi connectivity index (χ3v) is 10.4. The molecule has 2 saturated carbocycles. The summed E-state index contributed by atoms with van der Waals surface area (Å²) in [6.07, 6.45) is -1.61. The lowest BCUT2D eigenvalue weighted by molar-refractivity contribution is -0.341. The Morgan fingerprint density at radius 2 is 1.52 bits per heavy atom. The topological polar surface area (TPSA) is 135 Å². The lowest BCUT2D eigenvalue weighted by Crippen LogP contribution is -2.81. The minimum Gasteiger partial charge on any atom is -0.465 e. The number of hydrogen-bond donors (Lipinski definition) is 1. The van der Waals surface area contributed by atoms with E-state index in [9.17, 15) is 24.3 Å². The largest absolute Gasteiger partial charge is 0.465 e. The summed E-state index contributed by atoms with van der Waals surface area (Å²) in [7, 11) is 0. The van der Waals surface area contributed by atoms with E-state index in [-0.39, 0.29) is 19.3 Å². The molecule has 1 N–H and O–H groups in total. The van der Waals surface area contributed by atoms with Crippen molar-refractivity contribution in [2.75, 3.05) is 6.61 Å². The van der Waals surface area contributed by atoms with Gasteiger partial charge in [-0.2, -0.15) is 0 Å². The smallest absolute Gasteiger partial charge is 0.338 e. The molecular formula is C34H48O10. The second-order valence-corrected chi connectivity index (χ2v) is 13.6. The molecule has 10 nitrogen and oxygen atoms in total. The summed E-state index contributed by atoms with van der Waals surface area (Å²) in [6.45, 7) is 13.4.